The van der Waals surface area contributed by atoms with Crippen molar-refractivity contribution in [2.45, 2.75) is 4.90 Å². The van der Waals surface area contributed by atoms with Crippen LogP contribution in [0.3, 0.4) is 0 Å². The Balaban J connectivity index is 1.86. The van der Waals surface area contributed by atoms with Gasteiger partial charge in [0.25, 0.3) is 5.91 Å². The van der Waals surface area contributed by atoms with E-state index in [1.54, 1.807) is 0 Å². The summed E-state index contributed by atoms with van der Waals surface area (Å²) in [7, 11) is -0.653. The number of carbonyl (C=O) groups excluding carboxylic acids is 1. The van der Waals surface area contributed by atoms with Crippen LogP contribution in [0.5, 0.6) is 0 Å². The topological polar surface area (TPSA) is 66.5 Å². The van der Waals surface area contributed by atoms with E-state index >= 15 is 0 Å². The summed E-state index contributed by atoms with van der Waals surface area (Å²) in [6.07, 6.45) is 0. The molecule has 0 aliphatic heterocycles. The summed E-state index contributed by atoms with van der Waals surface area (Å²) >= 11 is 7.32. The van der Waals surface area contributed by atoms with Crippen LogP contribution in [0.1, 0.15) is 9.67 Å². The number of hydrogen-bond donors (Lipinski definition) is 1. The third-order valence-electron chi connectivity index (χ3n) is 3.69. The number of thiophene rings is 1. The van der Waals surface area contributed by atoms with Gasteiger partial charge in [0.15, 0.2) is 0 Å². The van der Waals surface area contributed by atoms with Gasteiger partial charge in [0.1, 0.15) is 10.7 Å². The molecule has 0 fully saturated rings. The predicted molar refractivity (Wildman–Crippen MR) is 102 cm³/mol. The highest BCUT2D eigenvalue weighted by atomic mass is 35.5. The largest absolute Gasteiger partial charge is 0.321 e. The van der Waals surface area contributed by atoms with Crippen molar-refractivity contribution in [3.05, 3.63) is 58.2 Å². The molecule has 9 heteroatoms. The zero-order valence-electron chi connectivity index (χ0n) is 13.8. The lowest BCUT2D eigenvalue weighted by molar-refractivity contribution is 0.103. The van der Waals surface area contributed by atoms with Crippen molar-refractivity contribution >= 4 is 54.6 Å². The van der Waals surface area contributed by atoms with Gasteiger partial charge in [0.2, 0.25) is 10.0 Å². The molecule has 3 rings (SSSR count). The molecule has 1 heterocycles. The van der Waals surface area contributed by atoms with E-state index in [-0.39, 0.29) is 14.8 Å². The molecule has 26 heavy (non-hydrogen) atoms. The molecule has 0 aliphatic carbocycles. The molecule has 136 valence electrons. The van der Waals surface area contributed by atoms with Crippen molar-refractivity contribution in [1.82, 2.24) is 4.31 Å². The summed E-state index contributed by atoms with van der Waals surface area (Å²) in [6.45, 7) is 0. The second kappa shape index (κ2) is 6.96. The van der Waals surface area contributed by atoms with Gasteiger partial charge in [-0.05, 0) is 42.5 Å². The molecule has 1 N–H and O–H groups in total. The van der Waals surface area contributed by atoms with Gasteiger partial charge in [-0.1, -0.05) is 11.6 Å². The molecule has 0 aliphatic rings. The fourth-order valence-corrected chi connectivity index (χ4v) is 4.63. The molecule has 0 bridgehead atoms. The Bertz CT molecular complexity index is 1090. The number of rotatable bonds is 4. The number of benzene rings is 2. The van der Waals surface area contributed by atoms with Crippen LogP contribution in [0, 0.1) is 5.82 Å². The highest BCUT2D eigenvalue weighted by Crippen LogP contribution is 2.36. The van der Waals surface area contributed by atoms with E-state index in [0.29, 0.717) is 15.8 Å². The van der Waals surface area contributed by atoms with Crippen molar-refractivity contribution in [3.8, 4) is 0 Å². The highest BCUT2D eigenvalue weighted by Gasteiger charge is 2.19. The number of hydrogen-bond acceptors (Lipinski definition) is 4. The van der Waals surface area contributed by atoms with E-state index in [2.05, 4.69) is 5.32 Å². The average Bonchev–Trinajstić information content (AvgIpc) is 2.91. The van der Waals surface area contributed by atoms with Crippen molar-refractivity contribution < 1.29 is 17.6 Å². The lowest BCUT2D eigenvalue weighted by Crippen LogP contribution is -2.22. The van der Waals surface area contributed by atoms with Crippen LogP contribution < -0.4 is 5.32 Å². The predicted octanol–water partition coefficient (Wildman–Crippen LogP) is 4.20. The second-order valence-electron chi connectivity index (χ2n) is 5.65. The quantitative estimate of drug-likeness (QED) is 0.698. The fraction of sp³-hybridized carbons (Fsp3) is 0.118. The van der Waals surface area contributed by atoms with Gasteiger partial charge >= 0.3 is 0 Å². The van der Waals surface area contributed by atoms with Gasteiger partial charge in [0, 0.05) is 29.9 Å². The number of carbonyl (C=O) groups is 1. The first-order valence-corrected chi connectivity index (χ1v) is 10.0. The zero-order chi connectivity index (χ0) is 19.1. The number of fused-ring (bicyclic) bond motifs is 1. The zero-order valence-corrected chi connectivity index (χ0v) is 16.2. The van der Waals surface area contributed by atoms with E-state index < -0.39 is 21.7 Å². The van der Waals surface area contributed by atoms with E-state index in [0.717, 1.165) is 15.6 Å². The molecule has 0 radical (unpaired) electrons. The smallest absolute Gasteiger partial charge is 0.267 e. The molecule has 0 unspecified atom stereocenters. The molecule has 5 nitrogen and oxygen atoms in total. The lowest BCUT2D eigenvalue weighted by atomic mass is 10.2. The first-order valence-electron chi connectivity index (χ1n) is 7.41. The summed E-state index contributed by atoms with van der Waals surface area (Å²) in [5.41, 5.74) is 0.424. The van der Waals surface area contributed by atoms with Crippen LogP contribution in [0.4, 0.5) is 10.1 Å². The van der Waals surface area contributed by atoms with E-state index in [4.69, 9.17) is 11.6 Å². The standard InChI is InChI=1S/C17H14ClFN2O3S2/c1-21(2)26(23,24)12-6-4-11(5-7-12)20-17(22)16-15(18)13-8-3-10(19)9-14(13)25-16/h3-9H,1-2H3,(H,20,22). The molecule has 1 amide bonds. The average molecular weight is 413 g/mol. The SMILES string of the molecule is CN(C)S(=O)(=O)c1ccc(NC(=O)c2sc3cc(F)ccc3c2Cl)cc1. The number of halogens is 2. The molecular weight excluding hydrogens is 399 g/mol. The first-order chi connectivity index (χ1) is 12.2. The minimum Gasteiger partial charge on any atom is -0.321 e. The summed E-state index contributed by atoms with van der Waals surface area (Å²) in [6, 6.07) is 9.95. The van der Waals surface area contributed by atoms with Crippen molar-refractivity contribution in [2.75, 3.05) is 19.4 Å². The molecule has 2 aromatic carbocycles. The second-order valence-corrected chi connectivity index (χ2v) is 9.23. The van der Waals surface area contributed by atoms with E-state index in [9.17, 15) is 17.6 Å². The summed E-state index contributed by atoms with van der Waals surface area (Å²) in [5.74, 6) is -0.847. The Morgan fingerprint density at radius 1 is 1.15 bits per heavy atom. The maximum absolute atomic E-state index is 13.3. The van der Waals surface area contributed by atoms with Gasteiger partial charge in [-0.3, -0.25) is 4.79 Å². The van der Waals surface area contributed by atoms with E-state index in [1.165, 1.54) is 56.6 Å². The van der Waals surface area contributed by atoms with Crippen molar-refractivity contribution in [3.63, 3.8) is 0 Å². The number of sulfonamides is 1. The Hall–Kier alpha value is -2.00. The van der Waals surface area contributed by atoms with Crippen LogP contribution in [0.25, 0.3) is 10.1 Å². The summed E-state index contributed by atoms with van der Waals surface area (Å²) in [4.78, 5) is 12.9. The van der Waals surface area contributed by atoms with Crippen LogP contribution in [-0.2, 0) is 10.0 Å². The first kappa shape index (κ1) is 18.8. The van der Waals surface area contributed by atoms with Crippen molar-refractivity contribution in [1.29, 1.82) is 0 Å². The van der Waals surface area contributed by atoms with Gasteiger partial charge in [-0.15, -0.1) is 11.3 Å². The number of nitrogens with zero attached hydrogens (tertiary/aromatic N) is 1. The van der Waals surface area contributed by atoms with Gasteiger partial charge in [-0.2, -0.15) is 0 Å². The molecule has 0 saturated heterocycles. The van der Waals surface area contributed by atoms with Gasteiger partial charge < -0.3 is 5.32 Å². The van der Waals surface area contributed by atoms with Crippen LogP contribution in [0.15, 0.2) is 47.4 Å². The van der Waals surface area contributed by atoms with Gasteiger partial charge in [-0.25, -0.2) is 17.1 Å². The van der Waals surface area contributed by atoms with Crippen LogP contribution >= 0.6 is 22.9 Å². The molecule has 1 aromatic heterocycles. The maximum Gasteiger partial charge on any atom is 0.267 e. The minimum atomic E-state index is -3.54. The molecule has 3 aromatic rings. The number of nitrogens with one attached hydrogen (secondary N) is 1. The lowest BCUT2D eigenvalue weighted by Gasteiger charge is -2.11. The molecule has 0 spiro atoms. The molecular formula is C17H14ClFN2O3S2. The maximum atomic E-state index is 13.3. The fourth-order valence-electron chi connectivity index (χ4n) is 2.29. The van der Waals surface area contributed by atoms with Crippen LogP contribution in [0.2, 0.25) is 5.02 Å². The normalized spacial score (nSPS) is 11.9. The monoisotopic (exact) mass is 412 g/mol. The highest BCUT2D eigenvalue weighted by molar-refractivity contribution is 7.89. The number of anilines is 1. The van der Waals surface area contributed by atoms with Crippen molar-refractivity contribution in [2.24, 2.45) is 0 Å². The number of amides is 1. The minimum absolute atomic E-state index is 0.121. The third kappa shape index (κ3) is 3.45. The third-order valence-corrected chi connectivity index (χ3v) is 7.17. The molecule has 0 saturated carbocycles. The van der Waals surface area contributed by atoms with Gasteiger partial charge in [0.05, 0.1) is 9.92 Å². The Morgan fingerprint density at radius 2 is 1.81 bits per heavy atom. The van der Waals surface area contributed by atoms with E-state index in [1.807, 2.05) is 0 Å². The Kier molecular flexibility index (Phi) is 5.03. The molecule has 0 atom stereocenters. The Labute approximate surface area is 159 Å². The Morgan fingerprint density at radius 3 is 2.42 bits per heavy atom. The van der Waals surface area contributed by atoms with Crippen LogP contribution in [-0.4, -0.2) is 32.7 Å². The summed E-state index contributed by atoms with van der Waals surface area (Å²) < 4.78 is 39.1. The summed E-state index contributed by atoms with van der Waals surface area (Å²) in [5, 5.41) is 3.53.